The van der Waals surface area contributed by atoms with Crippen molar-refractivity contribution in [2.24, 2.45) is 5.73 Å². The van der Waals surface area contributed by atoms with Crippen LogP contribution in [0.4, 0.5) is 0 Å². The maximum atomic E-state index is 11.9. The minimum atomic E-state index is -0.838. The monoisotopic (exact) mass is 235 g/mol. The Labute approximate surface area is 101 Å². The lowest BCUT2D eigenvalue weighted by Gasteiger charge is -2.09. The molecule has 1 aromatic carbocycles. The Morgan fingerprint density at radius 1 is 1.29 bits per heavy atom. The number of hydrogen-bond acceptors (Lipinski definition) is 4. The first kappa shape index (κ1) is 13.4. The molecule has 2 N–H and O–H groups in total. The van der Waals surface area contributed by atoms with E-state index in [0.717, 1.165) is 12.0 Å². The summed E-state index contributed by atoms with van der Waals surface area (Å²) in [5.41, 5.74) is 7.33. The summed E-state index contributed by atoms with van der Waals surface area (Å²) in [6, 6.07) is 6.40. The molecule has 0 spiro atoms. The van der Waals surface area contributed by atoms with Crippen molar-refractivity contribution in [3.63, 3.8) is 0 Å². The largest absolute Gasteiger partial charge is 0.469 e. The Bertz CT molecular complexity index is 398. The number of carbonyl (C=O) groups excluding carboxylic acids is 2. The lowest BCUT2D eigenvalue weighted by molar-refractivity contribution is -0.140. The van der Waals surface area contributed by atoms with E-state index in [1.165, 1.54) is 7.11 Å². The van der Waals surface area contributed by atoms with Crippen molar-refractivity contribution in [1.82, 2.24) is 0 Å². The van der Waals surface area contributed by atoms with Crippen LogP contribution in [0.3, 0.4) is 0 Å². The number of methoxy groups -OCH3 is 1. The van der Waals surface area contributed by atoms with Crippen molar-refractivity contribution in [2.45, 2.75) is 25.8 Å². The molecule has 0 saturated carbocycles. The van der Waals surface area contributed by atoms with Gasteiger partial charge >= 0.3 is 5.97 Å². The summed E-state index contributed by atoms with van der Waals surface area (Å²) in [7, 11) is 1.27. The maximum absolute atomic E-state index is 11.9. The molecule has 1 aromatic rings. The van der Waals surface area contributed by atoms with Crippen LogP contribution in [0.2, 0.25) is 0 Å². The molecule has 0 heterocycles. The number of esters is 1. The average molecular weight is 235 g/mol. The fourth-order valence-corrected chi connectivity index (χ4v) is 1.47. The summed E-state index contributed by atoms with van der Waals surface area (Å²) in [5.74, 6) is -0.714. The lowest BCUT2D eigenvalue weighted by Crippen LogP contribution is -2.33. The smallest absolute Gasteiger partial charge is 0.307 e. The van der Waals surface area contributed by atoms with Crippen LogP contribution in [0, 0.1) is 0 Å². The number of ketones is 1. The Morgan fingerprint density at radius 2 is 1.88 bits per heavy atom. The number of ether oxygens (including phenoxy) is 1. The van der Waals surface area contributed by atoms with Gasteiger partial charge in [-0.3, -0.25) is 9.59 Å². The van der Waals surface area contributed by atoms with Crippen LogP contribution in [0.5, 0.6) is 0 Å². The molecule has 1 unspecified atom stereocenters. The molecule has 0 bridgehead atoms. The first-order chi connectivity index (χ1) is 8.08. The van der Waals surface area contributed by atoms with Gasteiger partial charge in [0.15, 0.2) is 5.78 Å². The number of nitrogens with two attached hydrogens (primary N) is 1. The van der Waals surface area contributed by atoms with Gasteiger partial charge in [0, 0.05) is 5.56 Å². The van der Waals surface area contributed by atoms with E-state index < -0.39 is 12.0 Å². The van der Waals surface area contributed by atoms with Crippen molar-refractivity contribution in [3.8, 4) is 0 Å². The lowest BCUT2D eigenvalue weighted by atomic mass is 10.0. The zero-order valence-electron chi connectivity index (χ0n) is 10.1. The molecule has 4 nitrogen and oxygen atoms in total. The molecular formula is C13H17NO3. The Morgan fingerprint density at radius 3 is 2.35 bits per heavy atom. The van der Waals surface area contributed by atoms with Gasteiger partial charge in [0.25, 0.3) is 0 Å². The molecule has 92 valence electrons. The molecule has 1 rings (SSSR count). The number of aryl methyl sites for hydroxylation is 1. The van der Waals surface area contributed by atoms with E-state index in [2.05, 4.69) is 4.74 Å². The highest BCUT2D eigenvalue weighted by atomic mass is 16.5. The second kappa shape index (κ2) is 6.15. The molecule has 1 atom stereocenters. The molecule has 0 radical (unpaired) electrons. The topological polar surface area (TPSA) is 69.4 Å². The van der Waals surface area contributed by atoms with Crippen LogP contribution in [-0.2, 0) is 16.0 Å². The third kappa shape index (κ3) is 3.67. The fraction of sp³-hybridized carbons (Fsp3) is 0.385. The van der Waals surface area contributed by atoms with E-state index in [0.29, 0.717) is 5.56 Å². The van der Waals surface area contributed by atoms with Gasteiger partial charge in [0.1, 0.15) is 0 Å². The van der Waals surface area contributed by atoms with Gasteiger partial charge < -0.3 is 10.5 Å². The molecule has 0 aliphatic heterocycles. The average Bonchev–Trinajstić information content (AvgIpc) is 2.37. The summed E-state index contributed by atoms with van der Waals surface area (Å²) in [5, 5.41) is 0. The van der Waals surface area contributed by atoms with Crippen LogP contribution in [0.15, 0.2) is 24.3 Å². The van der Waals surface area contributed by atoms with Crippen LogP contribution in [0.1, 0.15) is 29.3 Å². The van der Waals surface area contributed by atoms with Crippen LogP contribution < -0.4 is 5.73 Å². The maximum Gasteiger partial charge on any atom is 0.307 e. The van der Waals surface area contributed by atoms with E-state index in [1.54, 1.807) is 12.1 Å². The van der Waals surface area contributed by atoms with E-state index in [9.17, 15) is 9.59 Å². The van der Waals surface area contributed by atoms with Crippen molar-refractivity contribution < 1.29 is 14.3 Å². The fourth-order valence-electron chi connectivity index (χ4n) is 1.47. The standard InChI is InChI=1S/C13H17NO3/c1-3-9-4-6-10(7-5-9)13(16)11(14)8-12(15)17-2/h4-7,11H,3,8,14H2,1-2H3. The highest BCUT2D eigenvalue weighted by Crippen LogP contribution is 2.08. The van der Waals surface area contributed by atoms with Crippen LogP contribution in [0.25, 0.3) is 0 Å². The number of Topliss-reactive ketones (excluding diaryl/α,β-unsaturated/α-hetero) is 1. The molecule has 0 amide bonds. The van der Waals surface area contributed by atoms with E-state index in [-0.39, 0.29) is 12.2 Å². The van der Waals surface area contributed by atoms with E-state index in [4.69, 9.17) is 5.73 Å². The number of rotatable bonds is 5. The van der Waals surface area contributed by atoms with Gasteiger partial charge in [-0.05, 0) is 12.0 Å². The van der Waals surface area contributed by atoms with Gasteiger partial charge in [0.05, 0.1) is 19.6 Å². The molecule has 0 aliphatic rings. The second-order valence-electron chi connectivity index (χ2n) is 3.80. The first-order valence-electron chi connectivity index (χ1n) is 5.54. The summed E-state index contributed by atoms with van der Waals surface area (Å²) < 4.78 is 4.47. The minimum absolute atomic E-state index is 0.0924. The SMILES string of the molecule is CCc1ccc(C(=O)C(N)CC(=O)OC)cc1. The van der Waals surface area contributed by atoms with Crippen molar-refractivity contribution in [1.29, 1.82) is 0 Å². The Kier molecular flexibility index (Phi) is 4.84. The van der Waals surface area contributed by atoms with Gasteiger partial charge in [0.2, 0.25) is 0 Å². The zero-order chi connectivity index (χ0) is 12.8. The minimum Gasteiger partial charge on any atom is -0.469 e. The summed E-state index contributed by atoms with van der Waals surface area (Å²) in [6.07, 6.45) is 0.827. The van der Waals surface area contributed by atoms with Gasteiger partial charge in [-0.15, -0.1) is 0 Å². The highest BCUT2D eigenvalue weighted by molar-refractivity contribution is 6.01. The van der Waals surface area contributed by atoms with Crippen molar-refractivity contribution in [3.05, 3.63) is 35.4 Å². The summed E-state index contributed by atoms with van der Waals surface area (Å²) in [6.45, 7) is 2.04. The molecule has 0 saturated heterocycles. The number of benzene rings is 1. The second-order valence-corrected chi connectivity index (χ2v) is 3.80. The van der Waals surface area contributed by atoms with Gasteiger partial charge in [-0.25, -0.2) is 0 Å². The Hall–Kier alpha value is -1.68. The molecule has 0 aromatic heterocycles. The molecule has 0 fully saturated rings. The zero-order valence-corrected chi connectivity index (χ0v) is 10.1. The summed E-state index contributed by atoms with van der Waals surface area (Å²) >= 11 is 0. The highest BCUT2D eigenvalue weighted by Gasteiger charge is 2.19. The quantitative estimate of drug-likeness (QED) is 0.617. The molecule has 17 heavy (non-hydrogen) atoms. The van der Waals surface area contributed by atoms with Crippen LogP contribution >= 0.6 is 0 Å². The third-order valence-electron chi connectivity index (χ3n) is 2.60. The predicted molar refractivity (Wildman–Crippen MR) is 64.8 cm³/mol. The summed E-state index contributed by atoms with van der Waals surface area (Å²) in [4.78, 5) is 22.9. The molecule has 0 aliphatic carbocycles. The van der Waals surface area contributed by atoms with Crippen molar-refractivity contribution >= 4 is 11.8 Å². The Balaban J connectivity index is 2.71. The first-order valence-corrected chi connectivity index (χ1v) is 5.54. The predicted octanol–water partition coefficient (Wildman–Crippen LogP) is 1.32. The van der Waals surface area contributed by atoms with Gasteiger partial charge in [-0.2, -0.15) is 0 Å². The van der Waals surface area contributed by atoms with E-state index in [1.807, 2.05) is 19.1 Å². The van der Waals surface area contributed by atoms with Crippen LogP contribution in [-0.4, -0.2) is 24.9 Å². The molecular weight excluding hydrogens is 218 g/mol. The van der Waals surface area contributed by atoms with Crippen molar-refractivity contribution in [2.75, 3.05) is 7.11 Å². The van der Waals surface area contributed by atoms with Gasteiger partial charge in [-0.1, -0.05) is 31.2 Å². The van der Waals surface area contributed by atoms with E-state index >= 15 is 0 Å². The third-order valence-corrected chi connectivity index (χ3v) is 2.60. The number of hydrogen-bond donors (Lipinski definition) is 1. The number of carbonyl (C=O) groups is 2. The molecule has 4 heteroatoms. The normalized spacial score (nSPS) is 11.9.